The number of carboxylic acids is 1. The molecular weight excluding hydrogens is 548 g/mol. The molecule has 0 radical (unpaired) electrons. The summed E-state index contributed by atoms with van der Waals surface area (Å²) in [5.41, 5.74) is 2.47. The monoisotopic (exact) mass is 580 g/mol. The van der Waals surface area contributed by atoms with E-state index in [9.17, 15) is 23.1 Å². The number of benzene rings is 1. The third-order valence-electron chi connectivity index (χ3n) is 7.43. The van der Waals surface area contributed by atoms with Gasteiger partial charge in [-0.25, -0.2) is 36.8 Å². The number of hydrogen-bond acceptors (Lipinski definition) is 9. The van der Waals surface area contributed by atoms with Crippen LogP contribution >= 0.6 is 0 Å². The first-order chi connectivity index (χ1) is 19.5. The number of aryl methyl sites for hydroxylation is 1. The van der Waals surface area contributed by atoms with Crippen LogP contribution in [0.3, 0.4) is 0 Å². The van der Waals surface area contributed by atoms with Gasteiger partial charge in [0.1, 0.15) is 17.9 Å². The summed E-state index contributed by atoms with van der Waals surface area (Å²) in [5.74, 6) is -0.485. The van der Waals surface area contributed by atoms with Gasteiger partial charge in [0, 0.05) is 32.8 Å². The number of sulfonamides is 1. The van der Waals surface area contributed by atoms with Crippen LogP contribution < -0.4 is 19.8 Å². The standard InChI is InChI=1S/C27H32N8O5S/c1-6-32(7-2)26-29-16-22-24(30-26)33(17(3)35(22)41(5,39)40)21(25(36)37)15-18-10-12-19(13-11-18)34-23-20(9-8-14-28-23)31(4)27(34)38/h8-14,16-17,21H,6-7,15H2,1-5H3,(H,36,37). The number of anilines is 3. The minimum atomic E-state index is -3.77. The molecule has 0 saturated carbocycles. The van der Waals surface area contributed by atoms with E-state index in [0.29, 0.717) is 41.5 Å². The van der Waals surface area contributed by atoms with E-state index in [1.807, 2.05) is 24.8 Å². The van der Waals surface area contributed by atoms with Crippen LogP contribution in [-0.4, -0.2) is 75.1 Å². The van der Waals surface area contributed by atoms with E-state index in [1.165, 1.54) is 20.2 Å². The summed E-state index contributed by atoms with van der Waals surface area (Å²) in [6, 6.07) is 9.45. The fourth-order valence-electron chi connectivity index (χ4n) is 5.42. The summed E-state index contributed by atoms with van der Waals surface area (Å²) in [7, 11) is -2.09. The number of carboxylic acid groups (broad SMARTS) is 1. The number of aromatic nitrogens is 5. The summed E-state index contributed by atoms with van der Waals surface area (Å²) >= 11 is 0. The van der Waals surface area contributed by atoms with Gasteiger partial charge >= 0.3 is 11.7 Å². The van der Waals surface area contributed by atoms with E-state index < -0.39 is 28.2 Å². The summed E-state index contributed by atoms with van der Waals surface area (Å²) in [4.78, 5) is 42.5. The Morgan fingerprint density at radius 3 is 2.41 bits per heavy atom. The predicted octanol–water partition coefficient (Wildman–Crippen LogP) is 1.99. The zero-order valence-corrected chi connectivity index (χ0v) is 24.3. The molecule has 0 fully saturated rings. The third kappa shape index (κ3) is 4.77. The molecule has 0 aliphatic carbocycles. The molecule has 1 aromatic carbocycles. The smallest absolute Gasteiger partial charge is 0.334 e. The van der Waals surface area contributed by atoms with Gasteiger partial charge in [-0.1, -0.05) is 12.1 Å². The first-order valence-corrected chi connectivity index (χ1v) is 15.1. The number of rotatable bonds is 9. The van der Waals surface area contributed by atoms with Crippen LogP contribution in [0.4, 0.5) is 17.5 Å². The molecular formula is C27H32N8O5S. The van der Waals surface area contributed by atoms with Crippen molar-refractivity contribution in [1.29, 1.82) is 0 Å². The molecule has 13 nitrogen and oxygen atoms in total. The summed E-state index contributed by atoms with van der Waals surface area (Å²) < 4.78 is 29.7. The Morgan fingerprint density at radius 2 is 1.80 bits per heavy atom. The van der Waals surface area contributed by atoms with Gasteiger partial charge in [-0.15, -0.1) is 0 Å². The quantitative estimate of drug-likeness (QED) is 0.312. The van der Waals surface area contributed by atoms with Crippen molar-refractivity contribution >= 4 is 44.6 Å². The highest BCUT2D eigenvalue weighted by atomic mass is 32.2. The molecule has 0 spiro atoms. The van der Waals surface area contributed by atoms with Gasteiger partial charge < -0.3 is 14.9 Å². The van der Waals surface area contributed by atoms with Crippen LogP contribution in [0.2, 0.25) is 0 Å². The van der Waals surface area contributed by atoms with E-state index in [1.54, 1.807) is 50.5 Å². The first kappa shape index (κ1) is 28.1. The normalized spacial score (nSPS) is 15.8. The maximum absolute atomic E-state index is 12.9. The molecule has 0 bridgehead atoms. The van der Waals surface area contributed by atoms with Gasteiger partial charge in [-0.3, -0.25) is 4.57 Å². The van der Waals surface area contributed by atoms with E-state index in [2.05, 4.69) is 15.0 Å². The second kappa shape index (κ2) is 10.5. The topological polar surface area (TPSA) is 147 Å². The maximum atomic E-state index is 12.9. The lowest BCUT2D eigenvalue weighted by Gasteiger charge is -2.32. The second-order valence-electron chi connectivity index (χ2n) is 9.90. The lowest BCUT2D eigenvalue weighted by Crippen LogP contribution is -2.52. The Morgan fingerprint density at radius 1 is 1.12 bits per heavy atom. The van der Waals surface area contributed by atoms with Crippen LogP contribution in [0, 0.1) is 0 Å². The number of fused-ring (bicyclic) bond motifs is 2. The summed E-state index contributed by atoms with van der Waals surface area (Å²) in [5, 5.41) is 10.4. The molecule has 4 aromatic rings. The van der Waals surface area contributed by atoms with Gasteiger partial charge in [0.2, 0.25) is 16.0 Å². The number of carbonyl (C=O) groups is 1. The van der Waals surface area contributed by atoms with E-state index in [4.69, 9.17) is 0 Å². The van der Waals surface area contributed by atoms with Crippen molar-refractivity contribution in [3.05, 3.63) is 64.8 Å². The SMILES string of the molecule is CCN(CC)c1ncc2c(n1)N(C(Cc1ccc(-n3c(=O)n(C)c4cccnc43)cc1)C(=O)O)C(C)N2S(C)(=O)=O. The lowest BCUT2D eigenvalue weighted by molar-refractivity contribution is -0.138. The van der Waals surface area contributed by atoms with Crippen molar-refractivity contribution in [2.75, 3.05) is 33.5 Å². The predicted molar refractivity (Wildman–Crippen MR) is 156 cm³/mol. The molecule has 2 atom stereocenters. The van der Waals surface area contributed by atoms with E-state index in [0.717, 1.165) is 10.6 Å². The van der Waals surface area contributed by atoms with Crippen LogP contribution in [0.1, 0.15) is 26.3 Å². The van der Waals surface area contributed by atoms with Gasteiger partial charge in [-0.05, 0) is 50.6 Å². The van der Waals surface area contributed by atoms with Crippen LogP contribution in [0.5, 0.6) is 0 Å². The third-order valence-corrected chi connectivity index (χ3v) is 8.64. The number of imidazole rings is 1. The van der Waals surface area contributed by atoms with Crippen LogP contribution in [0.15, 0.2) is 53.6 Å². The number of aliphatic carboxylic acids is 1. The molecule has 3 aromatic heterocycles. The number of nitrogens with zero attached hydrogens (tertiary/aromatic N) is 8. The minimum Gasteiger partial charge on any atom is -0.480 e. The van der Waals surface area contributed by atoms with Crippen molar-refractivity contribution < 1.29 is 18.3 Å². The molecule has 1 aliphatic rings. The van der Waals surface area contributed by atoms with E-state index >= 15 is 0 Å². The van der Waals surface area contributed by atoms with Gasteiger partial charge in [0.15, 0.2) is 11.5 Å². The molecule has 41 heavy (non-hydrogen) atoms. The number of pyridine rings is 1. The van der Waals surface area contributed by atoms with Crippen LogP contribution in [0.25, 0.3) is 16.9 Å². The van der Waals surface area contributed by atoms with Crippen LogP contribution in [-0.2, 0) is 28.3 Å². The largest absolute Gasteiger partial charge is 0.480 e. The van der Waals surface area contributed by atoms with E-state index in [-0.39, 0.29) is 23.6 Å². The Labute approximate surface area is 237 Å². The molecule has 1 aliphatic heterocycles. The zero-order valence-electron chi connectivity index (χ0n) is 23.5. The Hall–Kier alpha value is -4.46. The van der Waals surface area contributed by atoms with Crippen molar-refractivity contribution in [3.63, 3.8) is 0 Å². The van der Waals surface area contributed by atoms with Crippen molar-refractivity contribution in [2.24, 2.45) is 7.05 Å². The average molecular weight is 581 g/mol. The molecule has 4 heterocycles. The molecule has 1 N–H and O–H groups in total. The van der Waals surface area contributed by atoms with Gasteiger partial charge in [-0.2, -0.15) is 4.98 Å². The Kier molecular flexibility index (Phi) is 7.19. The fraction of sp³-hybridized carbons (Fsp3) is 0.370. The van der Waals surface area contributed by atoms with Gasteiger partial charge in [0.25, 0.3) is 0 Å². The molecule has 2 unspecified atom stereocenters. The Balaban J connectivity index is 1.53. The fourth-order valence-corrected chi connectivity index (χ4v) is 6.57. The number of hydrogen-bond donors (Lipinski definition) is 1. The molecule has 0 saturated heterocycles. The van der Waals surface area contributed by atoms with Gasteiger partial charge in [0.05, 0.1) is 23.7 Å². The summed E-state index contributed by atoms with van der Waals surface area (Å²) in [6.07, 6.45) is 3.35. The second-order valence-corrected chi connectivity index (χ2v) is 11.8. The average Bonchev–Trinajstić information content (AvgIpc) is 3.37. The highest BCUT2D eigenvalue weighted by molar-refractivity contribution is 7.92. The highest BCUT2D eigenvalue weighted by Crippen LogP contribution is 2.41. The maximum Gasteiger partial charge on any atom is 0.334 e. The minimum absolute atomic E-state index is 0.0598. The Bertz CT molecular complexity index is 1780. The lowest BCUT2D eigenvalue weighted by atomic mass is 10.0. The van der Waals surface area contributed by atoms with Crippen molar-refractivity contribution in [3.8, 4) is 5.69 Å². The van der Waals surface area contributed by atoms with Crippen molar-refractivity contribution in [1.82, 2.24) is 24.1 Å². The molecule has 216 valence electrons. The molecule has 14 heteroatoms. The molecule has 0 amide bonds. The highest BCUT2D eigenvalue weighted by Gasteiger charge is 2.45. The summed E-state index contributed by atoms with van der Waals surface area (Å²) in [6.45, 7) is 6.80. The zero-order chi connectivity index (χ0) is 29.6. The van der Waals surface area contributed by atoms with Crippen molar-refractivity contribution in [2.45, 2.75) is 39.4 Å². The molecule has 5 rings (SSSR count). The first-order valence-electron chi connectivity index (χ1n) is 13.2.